The molecule has 0 saturated heterocycles. The Hall–Kier alpha value is -2.08. The quantitative estimate of drug-likeness (QED) is 0.741. The standard InChI is InChI=1S/C12H15N3O3/c1-8(16)4-5-13-12(17)10-7-9(14-15-10)11-3-2-6-18-11/h2-3,6-8,16H,4-5H2,1H3,(H,13,17)(H,14,15). The third-order valence-corrected chi connectivity index (χ3v) is 2.44. The van der Waals surface area contributed by atoms with E-state index >= 15 is 0 Å². The normalized spacial score (nSPS) is 12.3. The maximum atomic E-state index is 11.7. The van der Waals surface area contributed by atoms with Gasteiger partial charge in [0.25, 0.3) is 5.91 Å². The second kappa shape index (κ2) is 5.50. The highest BCUT2D eigenvalue weighted by atomic mass is 16.3. The molecule has 1 atom stereocenters. The lowest BCUT2D eigenvalue weighted by Crippen LogP contribution is -2.26. The molecule has 0 aliphatic heterocycles. The molecule has 6 nitrogen and oxygen atoms in total. The summed E-state index contributed by atoms with van der Waals surface area (Å²) >= 11 is 0. The third-order valence-electron chi connectivity index (χ3n) is 2.44. The molecule has 96 valence electrons. The number of nitrogens with one attached hydrogen (secondary N) is 2. The van der Waals surface area contributed by atoms with Crippen LogP contribution in [0, 0.1) is 0 Å². The van der Waals surface area contributed by atoms with Crippen LogP contribution >= 0.6 is 0 Å². The molecule has 1 amide bonds. The Morgan fingerprint density at radius 2 is 2.50 bits per heavy atom. The van der Waals surface area contributed by atoms with Gasteiger partial charge in [-0.15, -0.1) is 0 Å². The van der Waals surface area contributed by atoms with Gasteiger partial charge in [-0.3, -0.25) is 9.89 Å². The number of aliphatic hydroxyl groups excluding tert-OH is 1. The molecule has 2 heterocycles. The molecule has 2 rings (SSSR count). The van der Waals surface area contributed by atoms with Gasteiger partial charge >= 0.3 is 0 Å². The number of hydrogen-bond donors (Lipinski definition) is 3. The summed E-state index contributed by atoms with van der Waals surface area (Å²) in [4.78, 5) is 11.7. The minimum absolute atomic E-state index is 0.273. The number of furan rings is 1. The molecule has 1 unspecified atom stereocenters. The minimum atomic E-state index is -0.428. The van der Waals surface area contributed by atoms with Crippen molar-refractivity contribution in [3.8, 4) is 11.5 Å². The monoisotopic (exact) mass is 249 g/mol. The zero-order valence-corrected chi connectivity index (χ0v) is 10.0. The molecule has 18 heavy (non-hydrogen) atoms. The van der Waals surface area contributed by atoms with Gasteiger partial charge in [-0.2, -0.15) is 5.10 Å². The van der Waals surface area contributed by atoms with Crippen LogP contribution in [0.25, 0.3) is 11.5 Å². The average Bonchev–Trinajstić information content (AvgIpc) is 2.99. The summed E-state index contributed by atoms with van der Waals surface area (Å²) in [5.41, 5.74) is 0.952. The lowest BCUT2D eigenvalue weighted by molar-refractivity contribution is 0.0940. The van der Waals surface area contributed by atoms with Gasteiger partial charge in [0.15, 0.2) is 11.5 Å². The second-order valence-electron chi connectivity index (χ2n) is 4.04. The molecule has 0 bridgehead atoms. The molecule has 0 aliphatic carbocycles. The van der Waals surface area contributed by atoms with Gasteiger partial charge in [0.05, 0.1) is 12.4 Å². The number of nitrogens with zero attached hydrogens (tertiary/aromatic N) is 1. The second-order valence-corrected chi connectivity index (χ2v) is 4.04. The summed E-state index contributed by atoms with van der Waals surface area (Å²) < 4.78 is 5.19. The van der Waals surface area contributed by atoms with Crippen LogP contribution in [0.2, 0.25) is 0 Å². The number of amides is 1. The van der Waals surface area contributed by atoms with Crippen LogP contribution < -0.4 is 5.32 Å². The molecule has 2 aromatic rings. The molecule has 0 radical (unpaired) electrons. The van der Waals surface area contributed by atoms with Crippen molar-refractivity contribution in [1.29, 1.82) is 0 Å². The van der Waals surface area contributed by atoms with Gasteiger partial charge in [-0.05, 0) is 25.5 Å². The molecule has 2 aromatic heterocycles. The number of aliphatic hydroxyl groups is 1. The lowest BCUT2D eigenvalue weighted by Gasteiger charge is -2.04. The van der Waals surface area contributed by atoms with E-state index in [0.29, 0.717) is 30.1 Å². The van der Waals surface area contributed by atoms with E-state index in [4.69, 9.17) is 9.52 Å². The van der Waals surface area contributed by atoms with Crippen LogP contribution in [0.3, 0.4) is 0 Å². The van der Waals surface area contributed by atoms with E-state index < -0.39 is 6.10 Å². The number of rotatable bonds is 5. The first kappa shape index (κ1) is 12.4. The Balaban J connectivity index is 1.95. The molecular weight excluding hydrogens is 234 g/mol. The van der Waals surface area contributed by atoms with Crippen LogP contribution in [-0.2, 0) is 0 Å². The first-order valence-electron chi connectivity index (χ1n) is 5.72. The van der Waals surface area contributed by atoms with Crippen molar-refractivity contribution in [2.45, 2.75) is 19.4 Å². The van der Waals surface area contributed by atoms with Crippen molar-refractivity contribution in [3.63, 3.8) is 0 Å². The number of H-pyrrole nitrogens is 1. The molecule has 3 N–H and O–H groups in total. The summed E-state index contributed by atoms with van der Waals surface area (Å²) in [6.07, 6.45) is 1.64. The first-order chi connectivity index (χ1) is 8.66. The summed E-state index contributed by atoms with van der Waals surface area (Å²) in [6, 6.07) is 5.16. The fourth-order valence-electron chi connectivity index (χ4n) is 1.48. The molecule has 0 fully saturated rings. The highest BCUT2D eigenvalue weighted by Gasteiger charge is 2.12. The fourth-order valence-corrected chi connectivity index (χ4v) is 1.48. The Kier molecular flexibility index (Phi) is 3.78. The largest absolute Gasteiger partial charge is 0.463 e. The maximum Gasteiger partial charge on any atom is 0.271 e. The number of carbonyl (C=O) groups is 1. The van der Waals surface area contributed by atoms with Crippen molar-refractivity contribution in [2.75, 3.05) is 6.54 Å². The van der Waals surface area contributed by atoms with Gasteiger partial charge in [0.1, 0.15) is 5.69 Å². The highest BCUT2D eigenvalue weighted by molar-refractivity contribution is 5.93. The Labute approximate surface area is 104 Å². The number of hydrogen-bond acceptors (Lipinski definition) is 4. The van der Waals surface area contributed by atoms with E-state index in [1.54, 1.807) is 31.4 Å². The van der Waals surface area contributed by atoms with Crippen LogP contribution in [0.5, 0.6) is 0 Å². The average molecular weight is 249 g/mol. The van der Waals surface area contributed by atoms with Gasteiger partial charge < -0.3 is 14.8 Å². The zero-order chi connectivity index (χ0) is 13.0. The van der Waals surface area contributed by atoms with Crippen molar-refractivity contribution in [2.24, 2.45) is 0 Å². The third kappa shape index (κ3) is 2.98. The van der Waals surface area contributed by atoms with Crippen molar-refractivity contribution >= 4 is 5.91 Å². The molecule has 0 spiro atoms. The predicted octanol–water partition coefficient (Wildman–Crippen LogP) is 1.17. The smallest absolute Gasteiger partial charge is 0.271 e. The number of aromatic nitrogens is 2. The van der Waals surface area contributed by atoms with Crippen LogP contribution in [-0.4, -0.2) is 33.9 Å². The summed E-state index contributed by atoms with van der Waals surface area (Å²) in [7, 11) is 0. The summed E-state index contributed by atoms with van der Waals surface area (Å²) in [5, 5.41) is 18.4. The number of carbonyl (C=O) groups excluding carboxylic acids is 1. The molecular formula is C12H15N3O3. The first-order valence-corrected chi connectivity index (χ1v) is 5.72. The van der Waals surface area contributed by atoms with Crippen molar-refractivity contribution < 1.29 is 14.3 Å². The van der Waals surface area contributed by atoms with E-state index in [2.05, 4.69) is 15.5 Å². The SMILES string of the molecule is CC(O)CCNC(=O)c1cc(-c2ccco2)[nH]n1. The minimum Gasteiger partial charge on any atom is -0.463 e. The van der Waals surface area contributed by atoms with E-state index in [1.165, 1.54) is 0 Å². The predicted molar refractivity (Wildman–Crippen MR) is 64.9 cm³/mol. The maximum absolute atomic E-state index is 11.7. The van der Waals surface area contributed by atoms with Crippen LogP contribution in [0.4, 0.5) is 0 Å². The van der Waals surface area contributed by atoms with Gasteiger partial charge in [0, 0.05) is 12.6 Å². The van der Waals surface area contributed by atoms with Crippen molar-refractivity contribution in [3.05, 3.63) is 30.2 Å². The van der Waals surface area contributed by atoms with Gasteiger partial charge in [0.2, 0.25) is 0 Å². The summed E-state index contributed by atoms with van der Waals surface area (Å²) in [6.45, 7) is 2.09. The van der Waals surface area contributed by atoms with Gasteiger partial charge in [-0.25, -0.2) is 0 Å². The van der Waals surface area contributed by atoms with E-state index in [-0.39, 0.29) is 5.91 Å². The molecule has 0 saturated carbocycles. The van der Waals surface area contributed by atoms with Crippen molar-refractivity contribution in [1.82, 2.24) is 15.5 Å². The fraction of sp³-hybridized carbons (Fsp3) is 0.333. The van der Waals surface area contributed by atoms with Crippen LogP contribution in [0.15, 0.2) is 28.9 Å². The highest BCUT2D eigenvalue weighted by Crippen LogP contribution is 2.17. The van der Waals surface area contributed by atoms with Gasteiger partial charge in [-0.1, -0.05) is 0 Å². The topological polar surface area (TPSA) is 91.1 Å². The Bertz CT molecular complexity index is 502. The Morgan fingerprint density at radius 1 is 1.67 bits per heavy atom. The zero-order valence-electron chi connectivity index (χ0n) is 10.0. The molecule has 0 aliphatic rings. The lowest BCUT2D eigenvalue weighted by atomic mass is 10.2. The molecule has 6 heteroatoms. The van der Waals surface area contributed by atoms with E-state index in [1.807, 2.05) is 0 Å². The van der Waals surface area contributed by atoms with Crippen LogP contribution in [0.1, 0.15) is 23.8 Å². The molecule has 0 aromatic carbocycles. The van der Waals surface area contributed by atoms with E-state index in [0.717, 1.165) is 0 Å². The van der Waals surface area contributed by atoms with E-state index in [9.17, 15) is 4.79 Å². The Morgan fingerprint density at radius 3 is 3.17 bits per heavy atom. The number of aromatic amines is 1. The summed E-state index contributed by atoms with van der Waals surface area (Å²) in [5.74, 6) is 0.357.